The lowest BCUT2D eigenvalue weighted by molar-refractivity contribution is 0.363. The van der Waals surface area contributed by atoms with Crippen LogP contribution in [0.25, 0.3) is 0 Å². The predicted octanol–water partition coefficient (Wildman–Crippen LogP) is 2.31. The number of nitrogens with zero attached hydrogens (tertiary/aromatic N) is 1. The molecule has 1 aliphatic heterocycles. The number of nitrogens with two attached hydrogens (primary N) is 1. The van der Waals surface area contributed by atoms with Crippen molar-refractivity contribution < 1.29 is 12.8 Å². The second kappa shape index (κ2) is 6.28. The van der Waals surface area contributed by atoms with E-state index in [1.165, 1.54) is 6.42 Å². The van der Waals surface area contributed by atoms with Crippen molar-refractivity contribution in [2.45, 2.75) is 57.4 Å². The Labute approximate surface area is 121 Å². The van der Waals surface area contributed by atoms with Crippen molar-refractivity contribution in [1.29, 1.82) is 0 Å². The highest BCUT2D eigenvalue weighted by Gasteiger charge is 2.31. The van der Waals surface area contributed by atoms with Crippen LogP contribution in [0.2, 0.25) is 0 Å². The first kappa shape index (κ1) is 15.5. The molecule has 0 spiro atoms. The van der Waals surface area contributed by atoms with Crippen LogP contribution in [0.1, 0.15) is 49.2 Å². The fourth-order valence-electron chi connectivity index (χ4n) is 2.87. The second-order valence-corrected chi connectivity index (χ2v) is 7.27. The van der Waals surface area contributed by atoms with E-state index < -0.39 is 10.0 Å². The lowest BCUT2D eigenvalue weighted by atomic mass is 10.1. The zero-order valence-corrected chi connectivity index (χ0v) is 13.1. The Morgan fingerprint density at radius 2 is 1.60 bits per heavy atom. The predicted molar refractivity (Wildman–Crippen MR) is 77.9 cm³/mol. The third-order valence-electron chi connectivity index (χ3n) is 3.94. The monoisotopic (exact) mass is 300 g/mol. The van der Waals surface area contributed by atoms with Crippen LogP contribution >= 0.6 is 0 Å². The topological polar surface area (TPSA) is 76.5 Å². The quantitative estimate of drug-likeness (QED) is 0.929. The zero-order valence-electron chi connectivity index (χ0n) is 12.3. The van der Waals surface area contributed by atoms with Crippen molar-refractivity contribution in [3.63, 3.8) is 0 Å². The van der Waals surface area contributed by atoms with Gasteiger partial charge in [-0.2, -0.15) is 4.31 Å². The SMILES string of the molecule is Cc1oc(C)c(S(=O)(=O)N2CCCCCCC2)c1CN. The van der Waals surface area contributed by atoms with E-state index in [0.717, 1.165) is 25.7 Å². The summed E-state index contributed by atoms with van der Waals surface area (Å²) < 4.78 is 32.8. The minimum atomic E-state index is -3.49. The van der Waals surface area contributed by atoms with Crippen molar-refractivity contribution in [2.75, 3.05) is 13.1 Å². The molecule has 5 nitrogen and oxygen atoms in total. The van der Waals surface area contributed by atoms with E-state index in [-0.39, 0.29) is 11.4 Å². The minimum absolute atomic E-state index is 0.186. The second-order valence-electron chi connectivity index (χ2n) is 5.40. The van der Waals surface area contributed by atoms with E-state index in [4.69, 9.17) is 10.2 Å². The first-order valence-corrected chi connectivity index (χ1v) is 8.71. The molecule has 0 aromatic carbocycles. The molecule has 1 fully saturated rings. The normalized spacial score (nSPS) is 18.8. The Morgan fingerprint density at radius 3 is 2.15 bits per heavy atom. The summed E-state index contributed by atoms with van der Waals surface area (Å²) in [6, 6.07) is 0. The molecule has 0 bridgehead atoms. The van der Waals surface area contributed by atoms with E-state index in [1.54, 1.807) is 18.2 Å². The van der Waals surface area contributed by atoms with Gasteiger partial charge in [0.1, 0.15) is 16.4 Å². The maximum Gasteiger partial charge on any atom is 0.246 e. The van der Waals surface area contributed by atoms with Gasteiger partial charge in [0.15, 0.2) is 0 Å². The molecule has 20 heavy (non-hydrogen) atoms. The summed E-state index contributed by atoms with van der Waals surface area (Å²) in [5.41, 5.74) is 6.32. The highest BCUT2D eigenvalue weighted by atomic mass is 32.2. The summed E-state index contributed by atoms with van der Waals surface area (Å²) in [5, 5.41) is 0. The largest absolute Gasteiger partial charge is 0.465 e. The molecule has 1 aromatic heterocycles. The van der Waals surface area contributed by atoms with Crippen LogP contribution in [0.4, 0.5) is 0 Å². The highest BCUT2D eigenvalue weighted by Crippen LogP contribution is 2.30. The molecule has 0 radical (unpaired) electrons. The number of sulfonamides is 1. The Balaban J connectivity index is 2.38. The molecule has 0 amide bonds. The lowest BCUT2D eigenvalue weighted by Crippen LogP contribution is -2.34. The number of hydrogen-bond acceptors (Lipinski definition) is 4. The van der Waals surface area contributed by atoms with Crippen LogP contribution in [0.15, 0.2) is 9.31 Å². The third-order valence-corrected chi connectivity index (χ3v) is 6.04. The Hall–Kier alpha value is -0.850. The van der Waals surface area contributed by atoms with E-state index >= 15 is 0 Å². The lowest BCUT2D eigenvalue weighted by Gasteiger charge is -2.24. The van der Waals surface area contributed by atoms with Gasteiger partial charge in [-0.05, 0) is 26.7 Å². The summed E-state index contributed by atoms with van der Waals surface area (Å²) in [7, 11) is -3.49. The molecule has 0 atom stereocenters. The molecule has 6 heteroatoms. The van der Waals surface area contributed by atoms with Gasteiger partial charge in [-0.3, -0.25) is 0 Å². The maximum atomic E-state index is 12.9. The van der Waals surface area contributed by atoms with Crippen molar-refractivity contribution in [3.8, 4) is 0 Å². The van der Waals surface area contributed by atoms with Crippen LogP contribution in [0, 0.1) is 13.8 Å². The van der Waals surface area contributed by atoms with Crippen LogP contribution < -0.4 is 5.73 Å². The molecule has 0 aliphatic carbocycles. The van der Waals surface area contributed by atoms with Crippen LogP contribution in [0.3, 0.4) is 0 Å². The number of furan rings is 1. The van der Waals surface area contributed by atoms with Gasteiger partial charge in [-0.1, -0.05) is 19.3 Å². The van der Waals surface area contributed by atoms with Crippen molar-refractivity contribution >= 4 is 10.0 Å². The van der Waals surface area contributed by atoms with Crippen molar-refractivity contribution in [1.82, 2.24) is 4.31 Å². The van der Waals surface area contributed by atoms with Gasteiger partial charge >= 0.3 is 0 Å². The summed E-state index contributed by atoms with van der Waals surface area (Å²) in [6.07, 6.45) is 5.24. The average molecular weight is 300 g/mol. The molecule has 1 saturated heterocycles. The molecule has 0 unspecified atom stereocenters. The number of hydrogen-bond donors (Lipinski definition) is 1. The third kappa shape index (κ3) is 2.92. The average Bonchev–Trinajstić information content (AvgIpc) is 2.62. The zero-order chi connectivity index (χ0) is 14.8. The van der Waals surface area contributed by atoms with E-state index in [0.29, 0.717) is 30.2 Å². The highest BCUT2D eigenvalue weighted by molar-refractivity contribution is 7.89. The summed E-state index contributed by atoms with van der Waals surface area (Å²) in [5.74, 6) is 1.06. The van der Waals surface area contributed by atoms with E-state index in [9.17, 15) is 8.42 Å². The Bertz CT molecular complexity index is 555. The maximum absolute atomic E-state index is 12.9. The van der Waals surface area contributed by atoms with Gasteiger partial charge in [0.25, 0.3) is 0 Å². The fourth-order valence-corrected chi connectivity index (χ4v) is 4.81. The fraction of sp³-hybridized carbons (Fsp3) is 0.714. The molecule has 2 rings (SSSR count). The van der Waals surface area contributed by atoms with Crippen molar-refractivity contribution in [2.24, 2.45) is 5.73 Å². The summed E-state index contributed by atoms with van der Waals surface area (Å²) in [4.78, 5) is 0.290. The van der Waals surface area contributed by atoms with Crippen LogP contribution in [-0.4, -0.2) is 25.8 Å². The van der Waals surface area contributed by atoms with Gasteiger partial charge in [0.05, 0.1) is 0 Å². The summed E-state index contributed by atoms with van der Waals surface area (Å²) >= 11 is 0. The Morgan fingerprint density at radius 1 is 1.05 bits per heavy atom. The van der Waals surface area contributed by atoms with Crippen molar-refractivity contribution in [3.05, 3.63) is 17.1 Å². The number of rotatable bonds is 3. The molecule has 114 valence electrons. The van der Waals surface area contributed by atoms with Crippen LogP contribution in [0.5, 0.6) is 0 Å². The van der Waals surface area contributed by atoms with Crippen LogP contribution in [-0.2, 0) is 16.6 Å². The smallest absolute Gasteiger partial charge is 0.246 e. The van der Waals surface area contributed by atoms with Gasteiger partial charge in [0.2, 0.25) is 10.0 Å². The Kier molecular flexibility index (Phi) is 4.88. The molecule has 2 heterocycles. The molecule has 2 N–H and O–H groups in total. The van der Waals surface area contributed by atoms with Gasteiger partial charge < -0.3 is 10.2 Å². The molecule has 1 aromatic rings. The molecule has 0 saturated carbocycles. The molecular weight excluding hydrogens is 276 g/mol. The molecular formula is C14H24N2O3S. The van der Waals surface area contributed by atoms with Gasteiger partial charge in [-0.15, -0.1) is 0 Å². The minimum Gasteiger partial charge on any atom is -0.465 e. The first-order valence-electron chi connectivity index (χ1n) is 7.27. The number of aryl methyl sites for hydroxylation is 2. The van der Waals surface area contributed by atoms with E-state index in [2.05, 4.69) is 0 Å². The van der Waals surface area contributed by atoms with Gasteiger partial charge in [-0.25, -0.2) is 8.42 Å². The molecule has 1 aliphatic rings. The van der Waals surface area contributed by atoms with E-state index in [1.807, 2.05) is 0 Å². The van der Waals surface area contributed by atoms with Gasteiger partial charge in [0, 0.05) is 25.2 Å². The standard InChI is InChI=1S/C14H24N2O3S/c1-11-13(10-15)14(12(2)19-11)20(17,18)16-8-6-4-3-5-7-9-16/h3-10,15H2,1-2H3. The summed E-state index contributed by atoms with van der Waals surface area (Å²) in [6.45, 7) is 4.84. The first-order chi connectivity index (χ1) is 9.48.